The van der Waals surface area contributed by atoms with Gasteiger partial charge in [0.2, 0.25) is 0 Å². The van der Waals surface area contributed by atoms with Crippen molar-refractivity contribution in [2.24, 2.45) is 0 Å². The lowest BCUT2D eigenvalue weighted by molar-refractivity contribution is -0.131. The maximum atomic E-state index is 10.2. The second-order valence-electron chi connectivity index (χ2n) is 2.96. The highest BCUT2D eigenvalue weighted by Crippen LogP contribution is 2.08. The Kier molecular flexibility index (Phi) is 2.91. The van der Waals surface area contributed by atoms with Crippen molar-refractivity contribution < 1.29 is 9.90 Å². The Morgan fingerprint density at radius 1 is 1.75 bits per heavy atom. The van der Waals surface area contributed by atoms with Gasteiger partial charge in [-0.05, 0) is 13.3 Å². The van der Waals surface area contributed by atoms with E-state index in [0.29, 0.717) is 0 Å². The average molecular weight is 167 g/mol. The van der Waals surface area contributed by atoms with Gasteiger partial charge in [-0.25, -0.2) is 4.79 Å². The minimum absolute atomic E-state index is 0.851. The van der Waals surface area contributed by atoms with Gasteiger partial charge in [0, 0.05) is 25.4 Å². The van der Waals surface area contributed by atoms with Gasteiger partial charge in [0.25, 0.3) is 0 Å². The average Bonchev–Trinajstić information content (AvgIpc) is 2.01. The molecule has 1 heterocycles. The zero-order valence-corrected chi connectivity index (χ0v) is 7.16. The summed E-state index contributed by atoms with van der Waals surface area (Å²) in [5.74, 6) is -0.887. The van der Waals surface area contributed by atoms with E-state index in [1.165, 1.54) is 11.6 Å². The number of carboxylic acid groups (broad SMARTS) is 1. The van der Waals surface area contributed by atoms with Gasteiger partial charge in [0.05, 0.1) is 0 Å². The molecule has 0 radical (unpaired) electrons. The lowest BCUT2D eigenvalue weighted by atomic mass is 10.1. The molecule has 0 aromatic carbocycles. The third kappa shape index (κ3) is 2.78. The second-order valence-corrected chi connectivity index (χ2v) is 2.96. The van der Waals surface area contributed by atoms with Crippen molar-refractivity contribution in [3.05, 3.63) is 23.9 Å². The summed E-state index contributed by atoms with van der Waals surface area (Å²) < 4.78 is 0. The van der Waals surface area contributed by atoms with E-state index in [-0.39, 0.29) is 0 Å². The highest BCUT2D eigenvalue weighted by molar-refractivity contribution is 5.79. The fourth-order valence-electron chi connectivity index (χ4n) is 1.24. The lowest BCUT2D eigenvalue weighted by Gasteiger charge is -2.23. The van der Waals surface area contributed by atoms with Crippen molar-refractivity contribution in [1.29, 1.82) is 0 Å². The molecular weight excluding hydrogens is 154 g/mol. The SMILES string of the molecule is CC1=CCCN(/C=C/C(=O)O)C1. The van der Waals surface area contributed by atoms with Gasteiger partial charge in [-0.1, -0.05) is 11.6 Å². The van der Waals surface area contributed by atoms with Gasteiger partial charge in [0.1, 0.15) is 0 Å². The molecule has 1 aliphatic rings. The molecule has 66 valence electrons. The first kappa shape index (κ1) is 8.84. The molecular formula is C9H13NO2. The van der Waals surface area contributed by atoms with Gasteiger partial charge >= 0.3 is 5.97 Å². The van der Waals surface area contributed by atoms with Crippen molar-refractivity contribution in [3.8, 4) is 0 Å². The van der Waals surface area contributed by atoms with Crippen LogP contribution in [0.4, 0.5) is 0 Å². The summed E-state index contributed by atoms with van der Waals surface area (Å²) in [6, 6.07) is 0. The first-order valence-electron chi connectivity index (χ1n) is 3.99. The number of carbonyl (C=O) groups is 1. The zero-order chi connectivity index (χ0) is 8.97. The summed E-state index contributed by atoms with van der Waals surface area (Å²) in [5, 5.41) is 8.38. The monoisotopic (exact) mass is 167 g/mol. The predicted molar refractivity (Wildman–Crippen MR) is 46.7 cm³/mol. The maximum Gasteiger partial charge on any atom is 0.329 e. The van der Waals surface area contributed by atoms with Crippen LogP contribution in [-0.2, 0) is 4.79 Å². The van der Waals surface area contributed by atoms with Crippen molar-refractivity contribution in [1.82, 2.24) is 4.90 Å². The summed E-state index contributed by atoms with van der Waals surface area (Å²) in [5.41, 5.74) is 1.30. The molecule has 0 unspecified atom stereocenters. The van der Waals surface area contributed by atoms with E-state index in [4.69, 9.17) is 5.11 Å². The van der Waals surface area contributed by atoms with Crippen molar-refractivity contribution in [2.75, 3.05) is 13.1 Å². The number of rotatable bonds is 2. The molecule has 0 fully saturated rings. The van der Waals surface area contributed by atoms with E-state index in [0.717, 1.165) is 19.5 Å². The van der Waals surface area contributed by atoms with Crippen molar-refractivity contribution >= 4 is 5.97 Å². The Labute approximate surface area is 72.0 Å². The highest BCUT2D eigenvalue weighted by Gasteiger charge is 2.04. The van der Waals surface area contributed by atoms with Crippen molar-refractivity contribution in [2.45, 2.75) is 13.3 Å². The molecule has 0 bridgehead atoms. The summed E-state index contributed by atoms with van der Waals surface area (Å²) in [4.78, 5) is 12.2. The minimum atomic E-state index is -0.887. The molecule has 0 atom stereocenters. The third-order valence-corrected chi connectivity index (χ3v) is 1.79. The Balaban J connectivity index is 2.45. The first-order valence-corrected chi connectivity index (χ1v) is 3.99. The normalized spacial score (nSPS) is 18.1. The summed E-state index contributed by atoms with van der Waals surface area (Å²) in [6.45, 7) is 3.83. The molecule has 1 rings (SSSR count). The Morgan fingerprint density at radius 2 is 2.50 bits per heavy atom. The van der Waals surface area contributed by atoms with Gasteiger partial charge in [-0.3, -0.25) is 0 Å². The third-order valence-electron chi connectivity index (χ3n) is 1.79. The topological polar surface area (TPSA) is 40.5 Å². The van der Waals surface area contributed by atoms with E-state index >= 15 is 0 Å². The second kappa shape index (κ2) is 3.95. The fraction of sp³-hybridized carbons (Fsp3) is 0.444. The van der Waals surface area contributed by atoms with Crippen LogP contribution in [0.3, 0.4) is 0 Å². The molecule has 3 heteroatoms. The molecule has 1 N–H and O–H groups in total. The molecule has 0 aromatic heterocycles. The maximum absolute atomic E-state index is 10.2. The molecule has 3 nitrogen and oxygen atoms in total. The van der Waals surface area contributed by atoms with Crippen LogP contribution in [0.5, 0.6) is 0 Å². The predicted octanol–water partition coefficient (Wildman–Crippen LogP) is 1.24. The Bertz CT molecular complexity index is 231. The molecule has 12 heavy (non-hydrogen) atoms. The van der Waals surface area contributed by atoms with Gasteiger partial charge in [-0.15, -0.1) is 0 Å². The number of nitrogens with zero attached hydrogens (tertiary/aromatic N) is 1. The van der Waals surface area contributed by atoms with Gasteiger partial charge in [-0.2, -0.15) is 0 Å². The zero-order valence-electron chi connectivity index (χ0n) is 7.16. The molecule has 0 aliphatic carbocycles. The standard InChI is InChI=1S/C9H13NO2/c1-8-3-2-5-10(7-8)6-4-9(11)12/h3-4,6H,2,5,7H2,1H3,(H,11,12)/b6-4+. The van der Waals surface area contributed by atoms with Gasteiger partial charge in [0.15, 0.2) is 0 Å². The van der Waals surface area contributed by atoms with E-state index < -0.39 is 5.97 Å². The number of hydrogen-bond acceptors (Lipinski definition) is 2. The molecule has 0 saturated heterocycles. The number of aliphatic carboxylic acids is 1. The fourth-order valence-corrected chi connectivity index (χ4v) is 1.24. The molecule has 1 aliphatic heterocycles. The molecule has 0 amide bonds. The van der Waals surface area contributed by atoms with E-state index in [9.17, 15) is 4.79 Å². The van der Waals surface area contributed by atoms with Crippen molar-refractivity contribution in [3.63, 3.8) is 0 Å². The Morgan fingerprint density at radius 3 is 3.08 bits per heavy atom. The van der Waals surface area contributed by atoms with Crippen LogP contribution in [0.2, 0.25) is 0 Å². The van der Waals surface area contributed by atoms with E-state index in [1.54, 1.807) is 6.20 Å². The van der Waals surface area contributed by atoms with Crippen LogP contribution in [0.25, 0.3) is 0 Å². The number of hydrogen-bond donors (Lipinski definition) is 1. The van der Waals surface area contributed by atoms with Crippen LogP contribution in [0.1, 0.15) is 13.3 Å². The smallest absolute Gasteiger partial charge is 0.329 e. The summed E-state index contributed by atoms with van der Waals surface area (Å²) in [6.07, 6.45) is 6.01. The molecule has 0 aromatic rings. The minimum Gasteiger partial charge on any atom is -0.478 e. The molecule has 0 saturated carbocycles. The van der Waals surface area contributed by atoms with Crippen LogP contribution < -0.4 is 0 Å². The Hall–Kier alpha value is -1.25. The summed E-state index contributed by atoms with van der Waals surface area (Å²) >= 11 is 0. The summed E-state index contributed by atoms with van der Waals surface area (Å²) in [7, 11) is 0. The largest absolute Gasteiger partial charge is 0.478 e. The van der Waals surface area contributed by atoms with Crippen LogP contribution in [0.15, 0.2) is 23.9 Å². The lowest BCUT2D eigenvalue weighted by Crippen LogP contribution is -2.24. The number of carboxylic acids is 1. The first-order chi connectivity index (χ1) is 5.68. The van der Waals surface area contributed by atoms with Crippen LogP contribution in [-0.4, -0.2) is 29.1 Å². The van der Waals surface area contributed by atoms with E-state index in [1.807, 2.05) is 4.90 Å². The quantitative estimate of drug-likeness (QED) is 0.497. The molecule has 0 spiro atoms. The van der Waals surface area contributed by atoms with Crippen LogP contribution >= 0.6 is 0 Å². The van der Waals surface area contributed by atoms with Crippen LogP contribution in [0, 0.1) is 0 Å². The van der Waals surface area contributed by atoms with Gasteiger partial charge < -0.3 is 10.0 Å². The van der Waals surface area contributed by atoms with E-state index in [2.05, 4.69) is 13.0 Å². The highest BCUT2D eigenvalue weighted by atomic mass is 16.4.